The predicted molar refractivity (Wildman–Crippen MR) is 36.3 cm³/mol. The molecule has 10 heavy (non-hydrogen) atoms. The lowest BCUT2D eigenvalue weighted by molar-refractivity contribution is 0.00316. The summed E-state index contributed by atoms with van der Waals surface area (Å²) in [6.07, 6.45) is 0.746. The highest BCUT2D eigenvalue weighted by Crippen LogP contribution is 2.36. The van der Waals surface area contributed by atoms with Crippen LogP contribution in [-0.4, -0.2) is 31.0 Å². The first-order valence-corrected chi connectivity index (χ1v) is 3.55. The summed E-state index contributed by atoms with van der Waals surface area (Å²) in [7, 11) is 3.71. The Labute approximate surface area is 60.0 Å². The Morgan fingerprint density at radius 2 is 2.00 bits per heavy atom. The lowest BCUT2D eigenvalue weighted by Gasteiger charge is -2.18. The molecule has 0 heterocycles. The first-order chi connectivity index (χ1) is 4.51. The molecule has 0 radical (unpaired) electrons. The molecule has 1 aliphatic rings. The maximum absolute atomic E-state index is 12.5. The van der Waals surface area contributed by atoms with E-state index < -0.39 is 5.92 Å². The smallest absolute Gasteiger partial charge is 0.249 e. The lowest BCUT2D eigenvalue weighted by atomic mass is 10.2. The molecule has 0 aromatic rings. The highest BCUT2D eigenvalue weighted by molar-refractivity contribution is 4.85. The van der Waals surface area contributed by atoms with Crippen LogP contribution in [0, 0.1) is 0 Å². The van der Waals surface area contributed by atoms with Crippen molar-refractivity contribution < 1.29 is 8.78 Å². The van der Waals surface area contributed by atoms with Crippen LogP contribution in [0.3, 0.4) is 0 Å². The Balaban J connectivity index is 2.43. The van der Waals surface area contributed by atoms with Gasteiger partial charge in [0.15, 0.2) is 0 Å². The molecule has 1 rings (SSSR count). The summed E-state index contributed by atoms with van der Waals surface area (Å²) in [4.78, 5) is 1.88. The SMILES string of the molecule is CN(C)C1CCC(F)(F)C1. The standard InChI is InChI=1S/C7H13F2N/c1-10(2)6-3-4-7(8,9)5-6/h6H,3-5H2,1-2H3. The molecule has 0 spiro atoms. The molecule has 1 unspecified atom stereocenters. The minimum atomic E-state index is -2.39. The molecule has 1 saturated carbocycles. The van der Waals surface area contributed by atoms with Gasteiger partial charge < -0.3 is 4.90 Å². The molecule has 0 N–H and O–H groups in total. The third-order valence-electron chi connectivity index (χ3n) is 2.11. The van der Waals surface area contributed by atoms with Gasteiger partial charge in [0.05, 0.1) is 0 Å². The topological polar surface area (TPSA) is 3.24 Å². The van der Waals surface area contributed by atoms with Gasteiger partial charge in [-0.15, -0.1) is 0 Å². The zero-order valence-corrected chi connectivity index (χ0v) is 6.40. The van der Waals surface area contributed by atoms with E-state index in [0.29, 0.717) is 6.42 Å². The largest absolute Gasteiger partial charge is 0.306 e. The van der Waals surface area contributed by atoms with E-state index in [0.717, 1.165) is 0 Å². The Morgan fingerprint density at radius 1 is 1.40 bits per heavy atom. The zero-order valence-electron chi connectivity index (χ0n) is 6.40. The molecule has 0 aromatic heterocycles. The van der Waals surface area contributed by atoms with Gasteiger partial charge in [-0.1, -0.05) is 0 Å². The average molecular weight is 149 g/mol. The summed E-state index contributed by atoms with van der Waals surface area (Å²) in [5.41, 5.74) is 0. The monoisotopic (exact) mass is 149 g/mol. The number of rotatable bonds is 1. The van der Waals surface area contributed by atoms with Crippen molar-refractivity contribution in [2.45, 2.75) is 31.2 Å². The number of alkyl halides is 2. The third kappa shape index (κ3) is 1.66. The van der Waals surface area contributed by atoms with Crippen LogP contribution in [0.4, 0.5) is 8.78 Å². The molecule has 0 amide bonds. The molecule has 1 atom stereocenters. The molecule has 0 bridgehead atoms. The van der Waals surface area contributed by atoms with Crippen molar-refractivity contribution in [3.8, 4) is 0 Å². The highest BCUT2D eigenvalue weighted by atomic mass is 19.3. The molecular weight excluding hydrogens is 136 g/mol. The summed E-state index contributed by atoms with van der Waals surface area (Å²) >= 11 is 0. The van der Waals surface area contributed by atoms with Gasteiger partial charge in [0.1, 0.15) is 0 Å². The van der Waals surface area contributed by atoms with Crippen molar-refractivity contribution in [3.05, 3.63) is 0 Å². The molecule has 0 aromatic carbocycles. The van der Waals surface area contributed by atoms with E-state index in [-0.39, 0.29) is 18.9 Å². The summed E-state index contributed by atoms with van der Waals surface area (Å²) in [6.45, 7) is 0. The predicted octanol–water partition coefficient (Wildman–Crippen LogP) is 1.74. The van der Waals surface area contributed by atoms with Gasteiger partial charge in [0.25, 0.3) is 0 Å². The first kappa shape index (κ1) is 7.92. The maximum atomic E-state index is 12.5. The van der Waals surface area contributed by atoms with Crippen molar-refractivity contribution in [2.24, 2.45) is 0 Å². The second-order valence-electron chi connectivity index (χ2n) is 3.22. The minimum Gasteiger partial charge on any atom is -0.306 e. The summed E-state index contributed by atoms with van der Waals surface area (Å²) in [6, 6.07) is 0.0926. The van der Waals surface area contributed by atoms with Crippen molar-refractivity contribution in [1.82, 2.24) is 4.90 Å². The van der Waals surface area contributed by atoms with Crippen LogP contribution in [0.2, 0.25) is 0 Å². The molecular formula is C7H13F2N. The van der Waals surface area contributed by atoms with E-state index in [9.17, 15) is 8.78 Å². The third-order valence-corrected chi connectivity index (χ3v) is 2.11. The van der Waals surface area contributed by atoms with Gasteiger partial charge >= 0.3 is 0 Å². The van der Waals surface area contributed by atoms with E-state index in [2.05, 4.69) is 0 Å². The van der Waals surface area contributed by atoms with Crippen LogP contribution in [0.25, 0.3) is 0 Å². The van der Waals surface area contributed by atoms with Crippen LogP contribution in [-0.2, 0) is 0 Å². The van der Waals surface area contributed by atoms with Gasteiger partial charge in [-0.05, 0) is 20.5 Å². The Hall–Kier alpha value is -0.180. The molecule has 0 saturated heterocycles. The molecule has 0 aliphatic heterocycles. The van der Waals surface area contributed by atoms with Gasteiger partial charge in [-0.2, -0.15) is 0 Å². The first-order valence-electron chi connectivity index (χ1n) is 3.55. The Bertz CT molecular complexity index is 123. The lowest BCUT2D eigenvalue weighted by Crippen LogP contribution is -2.26. The van der Waals surface area contributed by atoms with E-state index in [1.54, 1.807) is 0 Å². The maximum Gasteiger partial charge on any atom is 0.249 e. The number of hydrogen-bond donors (Lipinski definition) is 0. The Kier molecular flexibility index (Phi) is 1.95. The number of hydrogen-bond acceptors (Lipinski definition) is 1. The van der Waals surface area contributed by atoms with Crippen LogP contribution in [0.15, 0.2) is 0 Å². The fourth-order valence-electron chi connectivity index (χ4n) is 1.37. The second-order valence-corrected chi connectivity index (χ2v) is 3.22. The molecule has 1 aliphatic carbocycles. The van der Waals surface area contributed by atoms with Crippen LogP contribution >= 0.6 is 0 Å². The average Bonchev–Trinajstić information content (AvgIpc) is 2.10. The Morgan fingerprint density at radius 3 is 2.20 bits per heavy atom. The van der Waals surface area contributed by atoms with E-state index in [1.807, 2.05) is 19.0 Å². The van der Waals surface area contributed by atoms with Gasteiger partial charge in [0.2, 0.25) is 5.92 Å². The van der Waals surface area contributed by atoms with Crippen molar-refractivity contribution >= 4 is 0 Å². The molecule has 60 valence electrons. The van der Waals surface area contributed by atoms with E-state index in [4.69, 9.17) is 0 Å². The second kappa shape index (κ2) is 2.46. The molecule has 1 fully saturated rings. The van der Waals surface area contributed by atoms with Crippen LogP contribution in [0.5, 0.6) is 0 Å². The molecule has 3 heteroatoms. The van der Waals surface area contributed by atoms with Gasteiger partial charge in [0, 0.05) is 18.9 Å². The quantitative estimate of drug-likeness (QED) is 0.549. The normalized spacial score (nSPS) is 31.5. The fourth-order valence-corrected chi connectivity index (χ4v) is 1.37. The van der Waals surface area contributed by atoms with Crippen molar-refractivity contribution in [2.75, 3.05) is 14.1 Å². The summed E-state index contributed by atoms with van der Waals surface area (Å²) in [5, 5.41) is 0. The van der Waals surface area contributed by atoms with Crippen LogP contribution in [0.1, 0.15) is 19.3 Å². The highest BCUT2D eigenvalue weighted by Gasteiger charge is 2.39. The summed E-state index contributed by atoms with van der Waals surface area (Å²) in [5.74, 6) is -2.39. The zero-order chi connectivity index (χ0) is 7.78. The van der Waals surface area contributed by atoms with Crippen molar-refractivity contribution in [3.63, 3.8) is 0 Å². The number of halogens is 2. The van der Waals surface area contributed by atoms with Gasteiger partial charge in [-0.3, -0.25) is 0 Å². The number of nitrogens with zero attached hydrogens (tertiary/aromatic N) is 1. The molecule has 1 nitrogen and oxygen atoms in total. The summed E-state index contributed by atoms with van der Waals surface area (Å²) < 4.78 is 25.1. The van der Waals surface area contributed by atoms with Gasteiger partial charge in [-0.25, -0.2) is 8.78 Å². The minimum absolute atomic E-state index is 0.0417. The van der Waals surface area contributed by atoms with Crippen molar-refractivity contribution in [1.29, 1.82) is 0 Å². The van der Waals surface area contributed by atoms with E-state index in [1.165, 1.54) is 0 Å². The fraction of sp³-hybridized carbons (Fsp3) is 1.00. The van der Waals surface area contributed by atoms with Crippen LogP contribution < -0.4 is 0 Å². The van der Waals surface area contributed by atoms with E-state index >= 15 is 0 Å².